The van der Waals surface area contributed by atoms with Crippen LogP contribution in [-0.2, 0) is 4.79 Å². The summed E-state index contributed by atoms with van der Waals surface area (Å²) < 4.78 is 0. The van der Waals surface area contributed by atoms with E-state index in [1.807, 2.05) is 0 Å². The van der Waals surface area contributed by atoms with Crippen molar-refractivity contribution in [3.63, 3.8) is 0 Å². The van der Waals surface area contributed by atoms with Gasteiger partial charge in [-0.1, -0.05) is 17.7 Å². The van der Waals surface area contributed by atoms with Crippen molar-refractivity contribution in [1.29, 1.82) is 0 Å². The van der Waals surface area contributed by atoms with E-state index in [1.165, 1.54) is 0 Å². The average Bonchev–Trinajstić information content (AvgIpc) is 2.74. The lowest BCUT2D eigenvalue weighted by Crippen LogP contribution is -2.48. The number of thioether (sulfide) groups is 1. The molecular weight excluding hydrogens is 260 g/mol. The molecule has 3 N–H and O–H groups in total. The Kier molecular flexibility index (Phi) is 3.81. The standard InChI is InChI=1S/C11H13ClN2O2S/c12-8-2-1-3-9(6-8)13-14-10(15)11(16)4-5-17-7-11/h1-3,6,13,16H,4-5,7H2,(H,14,15). The van der Waals surface area contributed by atoms with Crippen LogP contribution in [0.4, 0.5) is 5.69 Å². The number of benzene rings is 1. The van der Waals surface area contributed by atoms with Crippen molar-refractivity contribution >= 4 is 35.0 Å². The van der Waals surface area contributed by atoms with Crippen LogP contribution in [0.5, 0.6) is 0 Å². The van der Waals surface area contributed by atoms with Gasteiger partial charge in [0.15, 0.2) is 5.60 Å². The predicted molar refractivity (Wildman–Crippen MR) is 70.1 cm³/mol. The number of aliphatic hydroxyl groups is 1. The average molecular weight is 273 g/mol. The topological polar surface area (TPSA) is 61.4 Å². The van der Waals surface area contributed by atoms with Crippen LogP contribution in [0.3, 0.4) is 0 Å². The summed E-state index contributed by atoms with van der Waals surface area (Å²) >= 11 is 7.38. The Morgan fingerprint density at radius 1 is 1.53 bits per heavy atom. The normalized spacial score (nSPS) is 23.4. The highest BCUT2D eigenvalue weighted by molar-refractivity contribution is 7.99. The highest BCUT2D eigenvalue weighted by Crippen LogP contribution is 2.27. The van der Waals surface area contributed by atoms with E-state index in [4.69, 9.17) is 11.6 Å². The van der Waals surface area contributed by atoms with Crippen LogP contribution in [0.15, 0.2) is 24.3 Å². The van der Waals surface area contributed by atoms with Gasteiger partial charge in [-0.2, -0.15) is 11.8 Å². The number of hydrogen-bond acceptors (Lipinski definition) is 4. The van der Waals surface area contributed by atoms with Crippen molar-refractivity contribution < 1.29 is 9.90 Å². The van der Waals surface area contributed by atoms with Gasteiger partial charge >= 0.3 is 0 Å². The highest BCUT2D eigenvalue weighted by Gasteiger charge is 2.39. The number of anilines is 1. The summed E-state index contributed by atoms with van der Waals surface area (Å²) in [5, 5.41) is 10.6. The third-order valence-electron chi connectivity index (χ3n) is 2.57. The first-order valence-electron chi connectivity index (χ1n) is 5.22. The molecule has 6 heteroatoms. The zero-order valence-electron chi connectivity index (χ0n) is 9.07. The van der Waals surface area contributed by atoms with Crippen LogP contribution in [0, 0.1) is 0 Å². The number of hydrogen-bond donors (Lipinski definition) is 3. The van der Waals surface area contributed by atoms with Gasteiger partial charge in [-0.05, 0) is 30.4 Å². The van der Waals surface area contributed by atoms with Crippen molar-refractivity contribution in [2.24, 2.45) is 0 Å². The van der Waals surface area contributed by atoms with Gasteiger partial charge in [-0.3, -0.25) is 15.6 Å². The summed E-state index contributed by atoms with van der Waals surface area (Å²) in [4.78, 5) is 11.8. The molecule has 1 aliphatic rings. The molecule has 1 amide bonds. The molecule has 1 fully saturated rings. The fraction of sp³-hybridized carbons (Fsp3) is 0.364. The first kappa shape index (κ1) is 12.5. The third kappa shape index (κ3) is 3.06. The van der Waals surface area contributed by atoms with Gasteiger partial charge in [0.05, 0.1) is 5.69 Å². The van der Waals surface area contributed by atoms with Crippen molar-refractivity contribution in [3.05, 3.63) is 29.3 Å². The number of amides is 1. The van der Waals surface area contributed by atoms with Crippen LogP contribution in [0.1, 0.15) is 6.42 Å². The van der Waals surface area contributed by atoms with Crippen molar-refractivity contribution in [3.8, 4) is 0 Å². The van der Waals surface area contributed by atoms with E-state index in [-0.39, 0.29) is 0 Å². The van der Waals surface area contributed by atoms with Crippen molar-refractivity contribution in [1.82, 2.24) is 5.43 Å². The zero-order chi connectivity index (χ0) is 12.3. The summed E-state index contributed by atoms with van der Waals surface area (Å²) in [5.41, 5.74) is 4.66. The van der Waals surface area contributed by atoms with Crippen LogP contribution in [-0.4, -0.2) is 28.1 Å². The molecule has 2 rings (SSSR count). The van der Waals surface area contributed by atoms with Crippen LogP contribution in [0.2, 0.25) is 5.02 Å². The first-order valence-corrected chi connectivity index (χ1v) is 6.76. The van der Waals surface area contributed by atoms with Crippen LogP contribution < -0.4 is 10.9 Å². The zero-order valence-corrected chi connectivity index (χ0v) is 10.6. The fourth-order valence-electron chi connectivity index (χ4n) is 1.54. The van der Waals surface area contributed by atoms with E-state index in [2.05, 4.69) is 10.9 Å². The minimum absolute atomic E-state index is 0.400. The Morgan fingerprint density at radius 3 is 3.00 bits per heavy atom. The SMILES string of the molecule is O=C(NNc1cccc(Cl)c1)C1(O)CCSC1. The lowest BCUT2D eigenvalue weighted by molar-refractivity contribution is -0.136. The Labute approximate surface area is 109 Å². The van der Waals surface area contributed by atoms with Gasteiger partial charge in [0.25, 0.3) is 5.91 Å². The molecule has 0 saturated carbocycles. The number of halogens is 1. The maximum atomic E-state index is 11.8. The van der Waals surface area contributed by atoms with Crippen LogP contribution >= 0.6 is 23.4 Å². The molecule has 0 aliphatic carbocycles. The molecule has 1 aliphatic heterocycles. The molecule has 1 saturated heterocycles. The molecule has 4 nitrogen and oxygen atoms in total. The smallest absolute Gasteiger partial charge is 0.271 e. The molecule has 0 bridgehead atoms. The molecule has 0 aromatic heterocycles. The molecule has 17 heavy (non-hydrogen) atoms. The molecular formula is C11H13ClN2O2S. The van der Waals surface area contributed by atoms with Gasteiger partial charge in [0.1, 0.15) is 0 Å². The molecule has 1 aromatic rings. The summed E-state index contributed by atoms with van der Waals surface area (Å²) in [6, 6.07) is 6.99. The molecule has 1 heterocycles. The quantitative estimate of drug-likeness (QED) is 0.733. The summed E-state index contributed by atoms with van der Waals surface area (Å²) in [6.07, 6.45) is 0.487. The van der Waals surface area contributed by atoms with Gasteiger partial charge in [0, 0.05) is 10.8 Å². The Balaban J connectivity index is 1.92. The Hall–Kier alpha value is -0.910. The number of nitrogens with one attached hydrogen (secondary N) is 2. The van der Waals surface area contributed by atoms with E-state index in [0.717, 1.165) is 5.75 Å². The molecule has 92 valence electrons. The summed E-state index contributed by atoms with van der Waals surface area (Å²) in [7, 11) is 0. The third-order valence-corrected chi connectivity index (χ3v) is 3.98. The Morgan fingerprint density at radius 2 is 2.35 bits per heavy atom. The minimum Gasteiger partial charge on any atom is -0.379 e. The van der Waals surface area contributed by atoms with Crippen molar-refractivity contribution in [2.45, 2.75) is 12.0 Å². The summed E-state index contributed by atoms with van der Waals surface area (Å²) in [5.74, 6) is 0.847. The second-order valence-electron chi connectivity index (χ2n) is 3.92. The monoisotopic (exact) mass is 272 g/mol. The number of hydrazine groups is 1. The largest absolute Gasteiger partial charge is 0.379 e. The summed E-state index contributed by atoms with van der Waals surface area (Å²) in [6.45, 7) is 0. The maximum Gasteiger partial charge on any atom is 0.271 e. The molecule has 1 aromatic carbocycles. The fourth-order valence-corrected chi connectivity index (χ4v) is 2.97. The van der Waals surface area contributed by atoms with E-state index < -0.39 is 11.5 Å². The van der Waals surface area contributed by atoms with Crippen LogP contribution in [0.25, 0.3) is 0 Å². The second kappa shape index (κ2) is 5.16. The highest BCUT2D eigenvalue weighted by atomic mass is 35.5. The van der Waals surface area contributed by atoms with Gasteiger partial charge in [0.2, 0.25) is 0 Å². The van der Waals surface area contributed by atoms with E-state index in [0.29, 0.717) is 22.9 Å². The number of rotatable bonds is 3. The first-order chi connectivity index (χ1) is 8.10. The van der Waals surface area contributed by atoms with E-state index in [9.17, 15) is 9.90 Å². The van der Waals surface area contributed by atoms with E-state index >= 15 is 0 Å². The van der Waals surface area contributed by atoms with Crippen molar-refractivity contribution in [2.75, 3.05) is 16.9 Å². The lowest BCUT2D eigenvalue weighted by Gasteiger charge is -2.20. The van der Waals surface area contributed by atoms with Gasteiger partial charge in [-0.15, -0.1) is 0 Å². The van der Waals surface area contributed by atoms with Gasteiger partial charge in [-0.25, -0.2) is 0 Å². The lowest BCUT2D eigenvalue weighted by atomic mass is 10.0. The molecule has 1 unspecified atom stereocenters. The number of carbonyl (C=O) groups is 1. The second-order valence-corrected chi connectivity index (χ2v) is 5.47. The maximum absolute atomic E-state index is 11.8. The molecule has 0 radical (unpaired) electrons. The van der Waals surface area contributed by atoms with Gasteiger partial charge < -0.3 is 5.11 Å². The Bertz CT molecular complexity index is 422. The molecule has 0 spiro atoms. The predicted octanol–water partition coefficient (Wildman–Crippen LogP) is 1.65. The minimum atomic E-state index is -1.25. The van der Waals surface area contributed by atoms with E-state index in [1.54, 1.807) is 36.0 Å². The number of carbonyl (C=O) groups excluding carboxylic acids is 1. The molecule has 1 atom stereocenters.